The zero-order valence-corrected chi connectivity index (χ0v) is 14.9. The van der Waals surface area contributed by atoms with E-state index >= 15 is 0 Å². The third-order valence-electron chi connectivity index (χ3n) is 3.16. The molecule has 0 aliphatic heterocycles. The third kappa shape index (κ3) is 4.67. The molecule has 0 unspecified atom stereocenters. The van der Waals surface area contributed by atoms with Gasteiger partial charge in [-0.3, -0.25) is 0 Å². The fourth-order valence-corrected chi connectivity index (χ4v) is 5.27. The highest BCUT2D eigenvalue weighted by Gasteiger charge is 2.30. The van der Waals surface area contributed by atoms with E-state index < -0.39 is 6.80 Å². The molecule has 3 nitrogen and oxygen atoms in total. The van der Waals surface area contributed by atoms with Crippen molar-refractivity contribution in [1.82, 2.24) is 0 Å². The van der Waals surface area contributed by atoms with Gasteiger partial charge in [-0.05, 0) is 43.3 Å². The maximum atomic E-state index is 13.3. The van der Waals surface area contributed by atoms with Crippen LogP contribution in [0, 0.1) is 6.92 Å². The Kier molecular flexibility index (Phi) is 5.29. The average Bonchev–Trinajstić information content (AvgIpc) is 2.58. The molecule has 0 saturated heterocycles. The molecule has 0 spiro atoms. The lowest BCUT2D eigenvalue weighted by atomic mass is 10.2. The minimum absolute atomic E-state index is 0.511. The van der Waals surface area contributed by atoms with Gasteiger partial charge < -0.3 is 9.05 Å². The first-order chi connectivity index (χ1) is 11.6. The fraction of sp³-hybridized carbons (Fsp3) is 0.0526. The van der Waals surface area contributed by atoms with Crippen molar-refractivity contribution >= 4 is 18.2 Å². The first-order valence-corrected chi connectivity index (χ1v) is 10.4. The van der Waals surface area contributed by atoms with Crippen molar-refractivity contribution in [3.63, 3.8) is 0 Å². The Hall–Kier alpha value is -2.16. The van der Waals surface area contributed by atoms with Crippen molar-refractivity contribution in [2.24, 2.45) is 0 Å². The van der Waals surface area contributed by atoms with Gasteiger partial charge in [0.05, 0.1) is 0 Å². The molecule has 3 aromatic rings. The molecule has 0 atom stereocenters. The first kappa shape index (κ1) is 16.7. The van der Waals surface area contributed by atoms with E-state index in [1.165, 1.54) is 0 Å². The summed E-state index contributed by atoms with van der Waals surface area (Å²) in [6.07, 6.45) is 0. The van der Waals surface area contributed by atoms with E-state index in [0.717, 1.165) is 21.8 Å². The Morgan fingerprint density at radius 3 is 1.62 bits per heavy atom. The predicted molar refractivity (Wildman–Crippen MR) is 98.8 cm³/mol. The Bertz CT molecular complexity index is 775. The molecule has 0 N–H and O–H groups in total. The Balaban J connectivity index is 1.87. The summed E-state index contributed by atoms with van der Waals surface area (Å²) < 4.78 is 24.8. The lowest BCUT2D eigenvalue weighted by Gasteiger charge is -2.19. The first-order valence-electron chi connectivity index (χ1n) is 7.49. The summed E-state index contributed by atoms with van der Waals surface area (Å²) in [5.41, 5.74) is 1.14. The number of aryl methyl sites for hydroxylation is 1. The maximum Gasteiger partial charge on any atom is 0.497 e. The second-order valence-corrected chi connectivity index (χ2v) is 8.96. The highest BCUT2D eigenvalue weighted by atomic mass is 32.7. The van der Waals surface area contributed by atoms with Crippen LogP contribution in [0.25, 0.3) is 0 Å². The van der Waals surface area contributed by atoms with Gasteiger partial charge in [-0.2, -0.15) is 0 Å². The molecule has 0 aliphatic rings. The molecule has 3 rings (SSSR count). The SMILES string of the molecule is Cc1ccc(SP(=O)(Oc2ccccc2)Oc2ccccc2)cc1. The van der Waals surface area contributed by atoms with Crippen molar-refractivity contribution < 1.29 is 13.6 Å². The highest BCUT2D eigenvalue weighted by molar-refractivity contribution is 8.55. The lowest BCUT2D eigenvalue weighted by molar-refractivity contribution is 0.408. The monoisotopic (exact) mass is 356 g/mol. The Morgan fingerprint density at radius 1 is 0.708 bits per heavy atom. The quantitative estimate of drug-likeness (QED) is 0.482. The van der Waals surface area contributed by atoms with Crippen molar-refractivity contribution in [2.45, 2.75) is 11.8 Å². The maximum absolute atomic E-state index is 13.3. The van der Waals surface area contributed by atoms with E-state index in [1.807, 2.05) is 67.6 Å². The van der Waals surface area contributed by atoms with Gasteiger partial charge in [0, 0.05) is 16.3 Å². The second kappa shape index (κ2) is 7.61. The Labute approximate surface area is 145 Å². The molecule has 3 aromatic carbocycles. The summed E-state index contributed by atoms with van der Waals surface area (Å²) in [7, 11) is 0. The predicted octanol–water partition coefficient (Wildman–Crippen LogP) is 6.35. The van der Waals surface area contributed by atoms with E-state index in [1.54, 1.807) is 24.3 Å². The normalized spacial score (nSPS) is 11.0. The second-order valence-electron chi connectivity index (χ2n) is 5.16. The average molecular weight is 356 g/mol. The van der Waals surface area contributed by atoms with Gasteiger partial charge in [-0.1, -0.05) is 54.1 Å². The van der Waals surface area contributed by atoms with Gasteiger partial charge in [0.15, 0.2) is 0 Å². The third-order valence-corrected chi connectivity index (χ3v) is 6.48. The van der Waals surface area contributed by atoms with Crippen molar-refractivity contribution in [3.8, 4) is 11.5 Å². The molecule has 0 bridgehead atoms. The van der Waals surface area contributed by atoms with Gasteiger partial charge in [-0.15, -0.1) is 0 Å². The summed E-state index contributed by atoms with van der Waals surface area (Å²) in [6.45, 7) is -1.47. The van der Waals surface area contributed by atoms with Crippen molar-refractivity contribution in [2.75, 3.05) is 0 Å². The van der Waals surface area contributed by atoms with Crippen LogP contribution in [0.4, 0.5) is 0 Å². The minimum atomic E-state index is -3.48. The van der Waals surface area contributed by atoms with Crippen LogP contribution in [0.1, 0.15) is 5.56 Å². The molecule has 0 radical (unpaired) electrons. The van der Waals surface area contributed by atoms with Crippen LogP contribution in [0.2, 0.25) is 0 Å². The lowest BCUT2D eigenvalue weighted by Crippen LogP contribution is -1.98. The van der Waals surface area contributed by atoms with Crippen LogP contribution in [-0.2, 0) is 4.57 Å². The zero-order chi connectivity index (χ0) is 16.8. The van der Waals surface area contributed by atoms with Gasteiger partial charge in [0.25, 0.3) is 0 Å². The van der Waals surface area contributed by atoms with E-state index in [2.05, 4.69) is 0 Å². The number of para-hydroxylation sites is 2. The summed E-state index contributed by atoms with van der Waals surface area (Å²) in [4.78, 5) is 0.829. The minimum Gasteiger partial charge on any atom is -0.408 e. The van der Waals surface area contributed by atoms with Crippen molar-refractivity contribution in [1.29, 1.82) is 0 Å². The van der Waals surface area contributed by atoms with Crippen LogP contribution < -0.4 is 9.05 Å². The van der Waals surface area contributed by atoms with Crippen LogP contribution in [0.15, 0.2) is 89.8 Å². The number of hydrogen-bond acceptors (Lipinski definition) is 4. The molecule has 0 aromatic heterocycles. The molecule has 24 heavy (non-hydrogen) atoms. The van der Waals surface area contributed by atoms with Crippen LogP contribution in [-0.4, -0.2) is 0 Å². The number of benzene rings is 3. The number of hydrogen-bond donors (Lipinski definition) is 0. The molecule has 0 heterocycles. The molecule has 0 amide bonds. The van der Waals surface area contributed by atoms with E-state index in [0.29, 0.717) is 11.5 Å². The molecule has 122 valence electrons. The van der Waals surface area contributed by atoms with Crippen LogP contribution >= 0.6 is 18.2 Å². The van der Waals surface area contributed by atoms with Crippen LogP contribution in [0.3, 0.4) is 0 Å². The summed E-state index contributed by atoms with van der Waals surface area (Å²) in [6, 6.07) is 25.9. The molecular weight excluding hydrogens is 339 g/mol. The van der Waals surface area contributed by atoms with Gasteiger partial charge in [0.2, 0.25) is 0 Å². The van der Waals surface area contributed by atoms with E-state index in [9.17, 15) is 4.57 Å². The zero-order valence-electron chi connectivity index (χ0n) is 13.2. The van der Waals surface area contributed by atoms with E-state index in [4.69, 9.17) is 9.05 Å². The molecular formula is C19H17O3PS. The highest BCUT2D eigenvalue weighted by Crippen LogP contribution is 2.62. The van der Waals surface area contributed by atoms with Crippen molar-refractivity contribution in [3.05, 3.63) is 90.5 Å². The summed E-state index contributed by atoms with van der Waals surface area (Å²) >= 11 is 1.10. The van der Waals surface area contributed by atoms with Crippen LogP contribution in [0.5, 0.6) is 11.5 Å². The Morgan fingerprint density at radius 2 is 1.17 bits per heavy atom. The molecule has 0 aliphatic carbocycles. The standard InChI is InChI=1S/C19H17O3PS/c1-16-12-14-19(15-13-16)24-23(20,21-17-8-4-2-5-9-17)22-18-10-6-3-7-11-18/h2-15H,1H3. The number of rotatable bonds is 6. The van der Waals surface area contributed by atoms with Gasteiger partial charge in [-0.25, -0.2) is 4.57 Å². The van der Waals surface area contributed by atoms with Gasteiger partial charge in [0.1, 0.15) is 11.5 Å². The summed E-state index contributed by atoms with van der Waals surface area (Å²) in [5, 5.41) is 0. The topological polar surface area (TPSA) is 35.5 Å². The van der Waals surface area contributed by atoms with Gasteiger partial charge >= 0.3 is 6.80 Å². The fourth-order valence-electron chi connectivity index (χ4n) is 2.01. The molecule has 0 fully saturated rings. The summed E-state index contributed by atoms with van der Waals surface area (Å²) in [5.74, 6) is 1.02. The molecule has 5 heteroatoms. The molecule has 0 saturated carbocycles. The smallest absolute Gasteiger partial charge is 0.408 e. The van der Waals surface area contributed by atoms with E-state index in [-0.39, 0.29) is 0 Å². The largest absolute Gasteiger partial charge is 0.497 e.